The van der Waals surface area contributed by atoms with Gasteiger partial charge in [0.25, 0.3) is 0 Å². The van der Waals surface area contributed by atoms with Crippen LogP contribution in [0, 0.1) is 0 Å². The Hall–Kier alpha value is -0.410. The fourth-order valence-corrected chi connectivity index (χ4v) is 0.818. The second-order valence-corrected chi connectivity index (χ2v) is 2.14. The second-order valence-electron chi connectivity index (χ2n) is 1.17. The molecule has 1 heterocycles. The van der Waals surface area contributed by atoms with Crippen LogP contribution in [0.2, 0.25) is 0 Å². The molecule has 3 heteroatoms. The normalized spacial score (nSPS) is 9.29. The van der Waals surface area contributed by atoms with Crippen molar-refractivity contribution in [2.75, 3.05) is 0 Å². The Balaban J connectivity index is 2.76. The Morgan fingerprint density at radius 3 is 3.00 bits per heavy atom. The Bertz CT molecular complexity index is 124. The number of nitrogens with two attached hydrogens (primary N) is 1. The van der Waals surface area contributed by atoms with Crippen molar-refractivity contribution < 1.29 is 0 Å². The van der Waals surface area contributed by atoms with E-state index in [1.807, 2.05) is 0 Å². The summed E-state index contributed by atoms with van der Waals surface area (Å²) < 4.78 is 0. The molecule has 0 radical (unpaired) electrons. The zero-order valence-electron chi connectivity index (χ0n) is 3.79. The van der Waals surface area contributed by atoms with E-state index >= 15 is 0 Å². The SMILES string of the molecule is NCc1cncs1. The van der Waals surface area contributed by atoms with Gasteiger partial charge in [0.15, 0.2) is 0 Å². The Labute approximate surface area is 46.0 Å². The molecule has 0 aromatic carbocycles. The fraction of sp³-hybridized carbons (Fsp3) is 0.250. The van der Waals surface area contributed by atoms with Crippen LogP contribution in [0.25, 0.3) is 0 Å². The lowest BCUT2D eigenvalue weighted by Gasteiger charge is -1.77. The molecule has 0 saturated carbocycles. The van der Waals surface area contributed by atoms with Crippen LogP contribution in [0.3, 0.4) is 0 Å². The van der Waals surface area contributed by atoms with Gasteiger partial charge in [0.2, 0.25) is 0 Å². The monoisotopic (exact) mass is 114 g/mol. The zero-order chi connectivity index (χ0) is 5.11. The largest absolute Gasteiger partial charge is 0.326 e. The highest BCUT2D eigenvalue weighted by atomic mass is 32.1. The van der Waals surface area contributed by atoms with Crippen molar-refractivity contribution in [1.29, 1.82) is 0 Å². The number of thiazole rings is 1. The maximum atomic E-state index is 5.26. The molecule has 1 aromatic rings. The van der Waals surface area contributed by atoms with Gasteiger partial charge < -0.3 is 5.73 Å². The number of hydrogen-bond acceptors (Lipinski definition) is 3. The molecule has 1 rings (SSSR count). The molecular formula is C4H6N2S. The fourth-order valence-electron chi connectivity index (χ4n) is 0.343. The summed E-state index contributed by atoms with van der Waals surface area (Å²) in [5.74, 6) is 0. The molecule has 0 unspecified atom stereocenters. The van der Waals surface area contributed by atoms with E-state index in [0.717, 1.165) is 4.88 Å². The van der Waals surface area contributed by atoms with Crippen LogP contribution >= 0.6 is 11.3 Å². The minimum atomic E-state index is 0.616. The molecular weight excluding hydrogens is 108 g/mol. The summed E-state index contributed by atoms with van der Waals surface area (Å²) in [6.45, 7) is 0.616. The molecule has 0 aliphatic heterocycles. The average Bonchev–Trinajstić information content (AvgIpc) is 2.14. The van der Waals surface area contributed by atoms with Crippen molar-refractivity contribution >= 4 is 11.3 Å². The summed E-state index contributed by atoms with van der Waals surface area (Å²) in [7, 11) is 0. The Morgan fingerprint density at radius 1 is 1.86 bits per heavy atom. The van der Waals surface area contributed by atoms with Crippen LogP contribution in [0.15, 0.2) is 11.7 Å². The van der Waals surface area contributed by atoms with Gasteiger partial charge in [-0.15, -0.1) is 11.3 Å². The van der Waals surface area contributed by atoms with E-state index < -0.39 is 0 Å². The highest BCUT2D eigenvalue weighted by Crippen LogP contribution is 2.01. The molecule has 0 amide bonds. The Morgan fingerprint density at radius 2 is 2.71 bits per heavy atom. The molecule has 0 bridgehead atoms. The lowest BCUT2D eigenvalue weighted by molar-refractivity contribution is 1.10. The molecule has 0 aliphatic carbocycles. The van der Waals surface area contributed by atoms with Crippen molar-refractivity contribution in [2.45, 2.75) is 6.54 Å². The summed E-state index contributed by atoms with van der Waals surface area (Å²) in [5.41, 5.74) is 7.04. The molecule has 0 saturated heterocycles. The first-order valence-electron chi connectivity index (χ1n) is 2.01. The van der Waals surface area contributed by atoms with Crippen LogP contribution in [-0.4, -0.2) is 4.98 Å². The predicted molar refractivity (Wildman–Crippen MR) is 30.0 cm³/mol. The maximum absolute atomic E-state index is 5.26. The van der Waals surface area contributed by atoms with E-state index in [2.05, 4.69) is 4.98 Å². The van der Waals surface area contributed by atoms with Gasteiger partial charge in [-0.2, -0.15) is 0 Å². The molecule has 2 N–H and O–H groups in total. The lowest BCUT2D eigenvalue weighted by Crippen LogP contribution is -1.91. The van der Waals surface area contributed by atoms with E-state index in [9.17, 15) is 0 Å². The van der Waals surface area contributed by atoms with Gasteiger partial charge in [-0.25, -0.2) is 0 Å². The average molecular weight is 114 g/mol. The van der Waals surface area contributed by atoms with Crippen LogP contribution in [-0.2, 0) is 6.54 Å². The van der Waals surface area contributed by atoms with Gasteiger partial charge in [0.05, 0.1) is 5.51 Å². The van der Waals surface area contributed by atoms with Gasteiger partial charge in [-0.3, -0.25) is 4.98 Å². The van der Waals surface area contributed by atoms with Crippen LogP contribution < -0.4 is 5.73 Å². The molecule has 0 atom stereocenters. The van der Waals surface area contributed by atoms with E-state index in [-0.39, 0.29) is 0 Å². The summed E-state index contributed by atoms with van der Waals surface area (Å²) >= 11 is 1.59. The van der Waals surface area contributed by atoms with Gasteiger partial charge in [0.1, 0.15) is 0 Å². The summed E-state index contributed by atoms with van der Waals surface area (Å²) in [5, 5.41) is 0. The lowest BCUT2D eigenvalue weighted by atomic mass is 10.6. The van der Waals surface area contributed by atoms with Crippen molar-refractivity contribution in [1.82, 2.24) is 4.98 Å². The summed E-state index contributed by atoms with van der Waals surface area (Å²) in [4.78, 5) is 4.97. The zero-order valence-corrected chi connectivity index (χ0v) is 4.61. The first-order valence-corrected chi connectivity index (χ1v) is 2.89. The van der Waals surface area contributed by atoms with Crippen molar-refractivity contribution in [3.63, 3.8) is 0 Å². The highest BCUT2D eigenvalue weighted by Gasteiger charge is 1.84. The van der Waals surface area contributed by atoms with E-state index in [1.54, 1.807) is 23.0 Å². The first-order chi connectivity index (χ1) is 3.43. The van der Waals surface area contributed by atoms with Crippen LogP contribution in [0.1, 0.15) is 4.88 Å². The molecule has 2 nitrogen and oxygen atoms in total. The molecule has 38 valence electrons. The standard InChI is InChI=1S/C4H6N2S/c5-1-4-2-6-3-7-4/h2-3H,1,5H2. The minimum absolute atomic E-state index is 0.616. The maximum Gasteiger partial charge on any atom is 0.0794 e. The van der Waals surface area contributed by atoms with Crippen molar-refractivity contribution in [3.8, 4) is 0 Å². The first kappa shape index (κ1) is 4.74. The quantitative estimate of drug-likeness (QED) is 0.580. The molecule has 0 fully saturated rings. The molecule has 7 heavy (non-hydrogen) atoms. The predicted octanol–water partition coefficient (Wildman–Crippen LogP) is 0.602. The number of hydrogen-bond donors (Lipinski definition) is 1. The number of nitrogens with zero attached hydrogens (tertiary/aromatic N) is 1. The summed E-state index contributed by atoms with van der Waals surface area (Å²) in [6, 6.07) is 0. The van der Waals surface area contributed by atoms with E-state index in [1.165, 1.54) is 0 Å². The van der Waals surface area contributed by atoms with Gasteiger partial charge in [-0.05, 0) is 0 Å². The third kappa shape index (κ3) is 0.976. The van der Waals surface area contributed by atoms with Crippen LogP contribution in [0.4, 0.5) is 0 Å². The van der Waals surface area contributed by atoms with Gasteiger partial charge >= 0.3 is 0 Å². The summed E-state index contributed by atoms with van der Waals surface area (Å²) in [6.07, 6.45) is 1.78. The van der Waals surface area contributed by atoms with Crippen molar-refractivity contribution in [3.05, 3.63) is 16.6 Å². The van der Waals surface area contributed by atoms with Crippen molar-refractivity contribution in [2.24, 2.45) is 5.73 Å². The Kier molecular flexibility index (Phi) is 1.38. The smallest absolute Gasteiger partial charge is 0.0794 e. The third-order valence-corrected chi connectivity index (χ3v) is 1.49. The number of rotatable bonds is 1. The van der Waals surface area contributed by atoms with Gasteiger partial charge in [0, 0.05) is 17.6 Å². The minimum Gasteiger partial charge on any atom is -0.326 e. The van der Waals surface area contributed by atoms with Gasteiger partial charge in [-0.1, -0.05) is 0 Å². The van der Waals surface area contributed by atoms with Crippen LogP contribution in [0.5, 0.6) is 0 Å². The van der Waals surface area contributed by atoms with E-state index in [0.29, 0.717) is 6.54 Å². The topological polar surface area (TPSA) is 38.9 Å². The third-order valence-electron chi connectivity index (χ3n) is 0.685. The van der Waals surface area contributed by atoms with E-state index in [4.69, 9.17) is 5.73 Å². The molecule has 0 spiro atoms. The molecule has 0 aliphatic rings. The highest BCUT2D eigenvalue weighted by molar-refractivity contribution is 7.09. The second kappa shape index (κ2) is 2.04. The number of aromatic nitrogens is 1. The molecule has 1 aromatic heterocycles.